The molecule has 2 aromatic carbocycles. The number of carbonyl (C=O) groups is 1. The molecule has 7 heterocycles. The van der Waals surface area contributed by atoms with Crippen LogP contribution in [0, 0.1) is 11.7 Å². The van der Waals surface area contributed by atoms with Crippen LogP contribution in [0.25, 0.3) is 32.9 Å². The monoisotopic (exact) mass is 730 g/mol. The fourth-order valence-corrected chi connectivity index (χ4v) is 9.19. The molecular formula is C38H41ClF2N8O3. The van der Waals surface area contributed by atoms with E-state index in [0.717, 1.165) is 31.2 Å². The Morgan fingerprint density at radius 2 is 2.02 bits per heavy atom. The maximum atomic E-state index is 16.9. The van der Waals surface area contributed by atoms with Gasteiger partial charge in [-0.05, 0) is 49.3 Å². The Labute approximate surface area is 305 Å². The summed E-state index contributed by atoms with van der Waals surface area (Å²) >= 11 is 6.64. The van der Waals surface area contributed by atoms with Gasteiger partial charge in [0.15, 0.2) is 5.82 Å². The van der Waals surface area contributed by atoms with E-state index in [-0.39, 0.29) is 48.0 Å². The summed E-state index contributed by atoms with van der Waals surface area (Å²) in [4.78, 5) is 39.3. The Morgan fingerprint density at radius 1 is 1.17 bits per heavy atom. The number of hydrogen-bond acceptors (Lipinski definition) is 10. The maximum Gasteiger partial charge on any atom is 0.319 e. The molecule has 52 heavy (non-hydrogen) atoms. The Kier molecular flexibility index (Phi) is 8.54. The zero-order valence-corrected chi connectivity index (χ0v) is 29.8. The molecule has 0 saturated carbocycles. The van der Waals surface area contributed by atoms with Crippen LogP contribution in [0.5, 0.6) is 6.01 Å². The first kappa shape index (κ1) is 33.8. The summed E-state index contributed by atoms with van der Waals surface area (Å²) in [7, 11) is 0. The number of halogens is 3. The van der Waals surface area contributed by atoms with Crippen LogP contribution >= 0.6 is 11.6 Å². The van der Waals surface area contributed by atoms with Crippen LogP contribution in [0.3, 0.4) is 0 Å². The number of fused-ring (bicyclic) bond motifs is 5. The van der Waals surface area contributed by atoms with Crippen LogP contribution < -0.4 is 20.4 Å². The molecule has 2 bridgehead atoms. The van der Waals surface area contributed by atoms with Crippen LogP contribution in [-0.2, 0) is 9.63 Å². The van der Waals surface area contributed by atoms with Crippen molar-refractivity contribution in [3.05, 3.63) is 65.6 Å². The summed E-state index contributed by atoms with van der Waals surface area (Å²) in [6.45, 7) is 6.59. The van der Waals surface area contributed by atoms with E-state index in [1.807, 2.05) is 29.2 Å². The molecule has 5 aliphatic heterocycles. The van der Waals surface area contributed by atoms with E-state index in [4.69, 9.17) is 26.2 Å². The largest absolute Gasteiger partial charge is 0.461 e. The number of pyridine rings is 1. The minimum Gasteiger partial charge on any atom is -0.461 e. The molecule has 1 amide bonds. The van der Waals surface area contributed by atoms with Gasteiger partial charge in [-0.15, -0.1) is 0 Å². The molecule has 2 N–H and O–H groups in total. The average molecular weight is 731 g/mol. The fourth-order valence-electron chi connectivity index (χ4n) is 8.91. The number of rotatable bonds is 8. The summed E-state index contributed by atoms with van der Waals surface area (Å²) in [5, 5.41) is 5.82. The van der Waals surface area contributed by atoms with Crippen LogP contribution in [-0.4, -0.2) is 99.6 Å². The third-order valence-electron chi connectivity index (χ3n) is 11.5. The van der Waals surface area contributed by atoms with E-state index < -0.39 is 23.8 Å². The molecular weight excluding hydrogens is 690 g/mol. The minimum atomic E-state index is -0.910. The highest BCUT2D eigenvalue weighted by atomic mass is 35.5. The van der Waals surface area contributed by atoms with Crippen molar-refractivity contribution in [2.45, 2.75) is 75.7 Å². The number of piperazine rings is 1. The van der Waals surface area contributed by atoms with E-state index in [1.165, 1.54) is 0 Å². The number of nitrogens with zero attached hydrogens (tertiary/aromatic N) is 6. The third kappa shape index (κ3) is 5.77. The van der Waals surface area contributed by atoms with Crippen LogP contribution in [0.4, 0.5) is 14.6 Å². The second-order valence-electron chi connectivity index (χ2n) is 15.1. The highest BCUT2D eigenvalue weighted by Gasteiger charge is 2.50. The summed E-state index contributed by atoms with van der Waals surface area (Å²) in [6.07, 6.45) is 6.55. The van der Waals surface area contributed by atoms with Gasteiger partial charge in [0.25, 0.3) is 0 Å². The van der Waals surface area contributed by atoms with Crippen LogP contribution in [0.2, 0.25) is 5.02 Å². The molecule has 5 fully saturated rings. The van der Waals surface area contributed by atoms with Crippen molar-refractivity contribution in [2.24, 2.45) is 5.92 Å². The molecule has 6 atom stereocenters. The van der Waals surface area contributed by atoms with E-state index >= 15 is 4.39 Å². The SMILES string of the molecule is CC(C)C1NOC(/C=C/C(=O)N2C[C@H]3C[C@@H]2CN3c2nc(OC[C@@]34CCCN3C[C@H](F)C4)nc3c(F)c(-c4cccc5cccc(Cl)c45)ncc23)N1. The highest BCUT2D eigenvalue weighted by Crippen LogP contribution is 2.43. The lowest BCUT2D eigenvalue weighted by Crippen LogP contribution is -2.48. The molecule has 4 aromatic rings. The van der Waals surface area contributed by atoms with Crippen LogP contribution in [0.1, 0.15) is 39.5 Å². The number of hydrogen-bond donors (Lipinski definition) is 2. The van der Waals surface area contributed by atoms with E-state index in [1.54, 1.807) is 30.5 Å². The van der Waals surface area contributed by atoms with Gasteiger partial charge in [-0.2, -0.15) is 15.4 Å². The lowest BCUT2D eigenvalue weighted by atomic mass is 9.95. The zero-order valence-electron chi connectivity index (χ0n) is 29.1. The van der Waals surface area contributed by atoms with Crippen molar-refractivity contribution in [3.63, 3.8) is 0 Å². The number of benzene rings is 2. The summed E-state index contributed by atoms with van der Waals surface area (Å²) in [6, 6.07) is 11.1. The zero-order chi connectivity index (χ0) is 35.7. The summed E-state index contributed by atoms with van der Waals surface area (Å²) < 4.78 is 37.8. The van der Waals surface area contributed by atoms with Crippen molar-refractivity contribution in [1.82, 2.24) is 35.5 Å². The van der Waals surface area contributed by atoms with Gasteiger partial charge in [-0.3, -0.25) is 24.8 Å². The Balaban J connectivity index is 1.04. The normalized spacial score (nSPS) is 28.8. The molecule has 0 radical (unpaired) electrons. The Hall–Kier alpha value is -4.01. The van der Waals surface area contributed by atoms with Gasteiger partial charge in [0, 0.05) is 54.3 Å². The molecule has 11 nitrogen and oxygen atoms in total. The third-order valence-corrected chi connectivity index (χ3v) is 11.8. The Morgan fingerprint density at radius 3 is 2.81 bits per heavy atom. The van der Waals surface area contributed by atoms with Gasteiger partial charge in [0.2, 0.25) is 5.91 Å². The number of carbonyl (C=O) groups excluding carboxylic acids is 1. The molecule has 272 valence electrons. The standard InChI is InChI=1S/C38H41ClF2N8O3/c1-21(2)35-43-29(52-46-35)10-11-30(50)48-18-25-14-24(48)19-49(25)36-27-16-42-33(26-8-3-6-22-7-4-9-28(39)31(22)26)32(41)34(27)44-37(45-36)51-20-38-12-5-13-47(38)17-23(40)15-38/h3-4,6-11,16,21,23-25,29,35,43,46H,5,12-15,17-20H2,1-2H3/b11-10+/t23-,24-,25-,29?,35?,38+/m1/s1. The predicted molar refractivity (Wildman–Crippen MR) is 194 cm³/mol. The van der Waals surface area contributed by atoms with Gasteiger partial charge in [-0.25, -0.2) is 8.78 Å². The molecule has 0 aliphatic carbocycles. The van der Waals surface area contributed by atoms with Gasteiger partial charge in [-0.1, -0.05) is 55.8 Å². The first-order valence-corrected chi connectivity index (χ1v) is 18.5. The van der Waals surface area contributed by atoms with E-state index in [9.17, 15) is 9.18 Å². The van der Waals surface area contributed by atoms with Crippen molar-refractivity contribution in [3.8, 4) is 17.3 Å². The second kappa shape index (κ2) is 13.1. The fraction of sp³-hybridized carbons (Fsp3) is 0.474. The Bertz CT molecular complexity index is 2080. The van der Waals surface area contributed by atoms with Crippen molar-refractivity contribution in [1.29, 1.82) is 0 Å². The van der Waals surface area contributed by atoms with Crippen molar-refractivity contribution < 1.29 is 23.1 Å². The maximum absolute atomic E-state index is 16.9. The van der Waals surface area contributed by atoms with Crippen LogP contribution in [0.15, 0.2) is 54.7 Å². The first-order valence-electron chi connectivity index (χ1n) is 18.2. The van der Waals surface area contributed by atoms with E-state index in [0.29, 0.717) is 59.1 Å². The quantitative estimate of drug-likeness (QED) is 0.230. The molecule has 0 spiro atoms. The molecule has 2 unspecified atom stereocenters. The van der Waals surface area contributed by atoms with Gasteiger partial charge in [0.1, 0.15) is 36.0 Å². The topological polar surface area (TPSA) is 108 Å². The van der Waals surface area contributed by atoms with E-state index in [2.05, 4.69) is 44.4 Å². The number of ether oxygens (including phenoxy) is 1. The highest BCUT2D eigenvalue weighted by molar-refractivity contribution is 6.36. The first-order chi connectivity index (χ1) is 25.2. The lowest BCUT2D eigenvalue weighted by Gasteiger charge is -2.35. The van der Waals surface area contributed by atoms with Gasteiger partial charge >= 0.3 is 6.01 Å². The molecule has 5 aliphatic rings. The van der Waals surface area contributed by atoms with Gasteiger partial charge in [0.05, 0.1) is 29.2 Å². The van der Waals surface area contributed by atoms with Gasteiger partial charge < -0.3 is 14.5 Å². The number of alkyl halides is 1. The number of anilines is 1. The van der Waals surface area contributed by atoms with Crippen molar-refractivity contribution >= 4 is 45.0 Å². The number of amides is 1. The van der Waals surface area contributed by atoms with Crippen molar-refractivity contribution in [2.75, 3.05) is 37.7 Å². The number of aromatic nitrogens is 3. The average Bonchev–Trinajstić information content (AvgIpc) is 3.97. The lowest BCUT2D eigenvalue weighted by molar-refractivity contribution is -0.127. The number of nitrogens with one attached hydrogen (secondary N) is 2. The molecule has 9 rings (SSSR count). The number of likely N-dealkylation sites (tertiary alicyclic amines) is 1. The summed E-state index contributed by atoms with van der Waals surface area (Å²) in [5.41, 5.74) is 3.30. The molecule has 2 aromatic heterocycles. The minimum absolute atomic E-state index is 0.00781. The summed E-state index contributed by atoms with van der Waals surface area (Å²) in [5.74, 6) is 0.143. The molecule has 14 heteroatoms. The number of hydroxylamine groups is 1. The molecule has 5 saturated heterocycles. The smallest absolute Gasteiger partial charge is 0.319 e. The second-order valence-corrected chi connectivity index (χ2v) is 15.5. The predicted octanol–water partition coefficient (Wildman–Crippen LogP) is 5.37.